The number of hydrogen-bond acceptors (Lipinski definition) is 8. The molecule has 0 aliphatic carbocycles. The minimum absolute atomic E-state index is 0.0481. The van der Waals surface area contributed by atoms with Gasteiger partial charge in [-0.15, -0.1) is 0 Å². The molecule has 12 nitrogen and oxygen atoms in total. The maximum Gasteiger partial charge on any atom is 0.410 e. The fourth-order valence-electron chi connectivity index (χ4n) is 4.91. The Kier molecular flexibility index (Phi) is 8.64. The van der Waals surface area contributed by atoms with Gasteiger partial charge in [0.1, 0.15) is 16.8 Å². The van der Waals surface area contributed by atoms with Crippen molar-refractivity contribution in [2.24, 2.45) is 12.5 Å². The van der Waals surface area contributed by atoms with E-state index in [0.29, 0.717) is 3.57 Å². The van der Waals surface area contributed by atoms with E-state index < -0.39 is 64.2 Å². The molecule has 226 valence electrons. The summed E-state index contributed by atoms with van der Waals surface area (Å²) in [6, 6.07) is 4.06. The zero-order valence-electron chi connectivity index (χ0n) is 23.3. The highest BCUT2D eigenvalue weighted by atomic mass is 127. The molecule has 0 radical (unpaired) electrons. The number of halogens is 3. The third kappa shape index (κ3) is 6.25. The molecule has 1 aromatic carbocycles. The van der Waals surface area contributed by atoms with Crippen LogP contribution in [0.5, 0.6) is 0 Å². The Labute approximate surface area is 252 Å². The van der Waals surface area contributed by atoms with E-state index in [9.17, 15) is 33.8 Å². The van der Waals surface area contributed by atoms with E-state index in [4.69, 9.17) is 4.74 Å². The number of carboxylic acids is 1. The van der Waals surface area contributed by atoms with Crippen molar-refractivity contribution in [1.82, 2.24) is 19.0 Å². The number of amides is 1. The first-order valence-corrected chi connectivity index (χ1v) is 14.0. The first-order valence-electron chi connectivity index (χ1n) is 12.9. The Morgan fingerprint density at radius 1 is 1.24 bits per heavy atom. The molecule has 1 aliphatic rings. The van der Waals surface area contributed by atoms with Crippen molar-refractivity contribution in [2.45, 2.75) is 51.9 Å². The Bertz CT molecular complexity index is 1690. The average molecular weight is 701 g/mol. The second kappa shape index (κ2) is 11.6. The Morgan fingerprint density at radius 2 is 1.93 bits per heavy atom. The van der Waals surface area contributed by atoms with Gasteiger partial charge in [0.05, 0.1) is 35.8 Å². The first-order chi connectivity index (χ1) is 19.5. The number of nitrogens with one attached hydrogen (secondary N) is 1. The molecule has 0 saturated carbocycles. The summed E-state index contributed by atoms with van der Waals surface area (Å²) in [5.74, 6) is -3.30. The highest BCUT2D eigenvalue weighted by Gasteiger charge is 2.48. The average Bonchev–Trinajstić information content (AvgIpc) is 3.32. The molecule has 4 rings (SSSR count). The number of aliphatic hydroxyl groups excluding tert-OH is 1. The van der Waals surface area contributed by atoms with Crippen molar-refractivity contribution >= 4 is 57.1 Å². The van der Waals surface area contributed by atoms with Gasteiger partial charge < -0.3 is 25.2 Å². The van der Waals surface area contributed by atoms with Crippen molar-refractivity contribution in [1.29, 1.82) is 0 Å². The van der Waals surface area contributed by atoms with Crippen LogP contribution in [0.25, 0.3) is 11.0 Å². The molecule has 3 heterocycles. The topological polar surface area (TPSA) is 156 Å². The Morgan fingerprint density at radius 3 is 2.55 bits per heavy atom. The number of rotatable bonds is 7. The standard InChI is InChI=1S/C27H30F2IN5O7/c1-26(2,3)42-25(41)34-8-7-27(12-34,24(39)40)10-15(36)11-35-13-31-21-18(22(35)37)20(19(29)23(38)33(21)4)32-17-6-5-14(30)9-16(17)28/h5-6,9,13,15,32,36H,7-8,10-12H2,1-4H3,(H,39,40). The number of likely N-dealkylation sites (tertiary alicyclic amines) is 1. The molecule has 2 unspecified atom stereocenters. The summed E-state index contributed by atoms with van der Waals surface area (Å²) in [5, 5.41) is 23.1. The molecule has 0 spiro atoms. The molecular weight excluding hydrogens is 671 g/mol. The van der Waals surface area contributed by atoms with Gasteiger partial charge in [0.15, 0.2) is 5.65 Å². The number of aryl methyl sites for hydroxylation is 1. The van der Waals surface area contributed by atoms with Gasteiger partial charge in [-0.25, -0.2) is 14.2 Å². The van der Waals surface area contributed by atoms with Crippen molar-refractivity contribution in [3.8, 4) is 0 Å². The monoisotopic (exact) mass is 701 g/mol. The van der Waals surface area contributed by atoms with E-state index in [1.54, 1.807) is 26.8 Å². The molecule has 1 amide bonds. The third-order valence-electron chi connectivity index (χ3n) is 6.98. The number of carbonyl (C=O) groups excluding carboxylic acids is 1. The van der Waals surface area contributed by atoms with Crippen LogP contribution in [0.15, 0.2) is 34.1 Å². The minimum Gasteiger partial charge on any atom is -0.481 e. The number of nitrogens with zero attached hydrogens (tertiary/aromatic N) is 4. The predicted octanol–water partition coefficient (Wildman–Crippen LogP) is 3.18. The quantitative estimate of drug-likeness (QED) is 0.315. The summed E-state index contributed by atoms with van der Waals surface area (Å²) in [6.07, 6.45) is -1.28. The lowest BCUT2D eigenvalue weighted by molar-refractivity contribution is -0.150. The van der Waals surface area contributed by atoms with Crippen molar-refractivity contribution < 1.29 is 33.3 Å². The smallest absolute Gasteiger partial charge is 0.410 e. The van der Waals surface area contributed by atoms with Crippen LogP contribution in [0.4, 0.5) is 25.0 Å². The lowest BCUT2D eigenvalue weighted by atomic mass is 9.81. The molecule has 1 fully saturated rings. The maximum absolute atomic E-state index is 15.2. The number of aliphatic carboxylic acids is 1. The first kappa shape index (κ1) is 31.3. The van der Waals surface area contributed by atoms with Crippen LogP contribution in [0.3, 0.4) is 0 Å². The van der Waals surface area contributed by atoms with Crippen LogP contribution in [0.2, 0.25) is 0 Å². The van der Waals surface area contributed by atoms with Gasteiger partial charge >= 0.3 is 12.1 Å². The normalized spacial score (nSPS) is 17.9. The van der Waals surface area contributed by atoms with Gasteiger partial charge in [-0.1, -0.05) is 0 Å². The molecule has 42 heavy (non-hydrogen) atoms. The second-order valence-corrected chi connectivity index (χ2v) is 12.5. The number of hydrogen-bond donors (Lipinski definition) is 3. The largest absolute Gasteiger partial charge is 0.481 e. The van der Waals surface area contributed by atoms with Crippen molar-refractivity contribution in [3.05, 3.63) is 60.4 Å². The summed E-state index contributed by atoms with van der Waals surface area (Å²) in [6.45, 7) is 4.53. The summed E-state index contributed by atoms with van der Waals surface area (Å²) in [4.78, 5) is 56.3. The minimum atomic E-state index is -1.50. The number of carbonyl (C=O) groups is 2. The molecule has 1 saturated heterocycles. The fraction of sp³-hybridized carbons (Fsp3) is 0.444. The number of anilines is 2. The maximum atomic E-state index is 15.2. The molecule has 2 aromatic heterocycles. The predicted molar refractivity (Wildman–Crippen MR) is 157 cm³/mol. The molecule has 3 aromatic rings. The van der Waals surface area contributed by atoms with E-state index in [1.165, 1.54) is 24.1 Å². The highest BCUT2D eigenvalue weighted by molar-refractivity contribution is 14.1. The van der Waals surface area contributed by atoms with Gasteiger partial charge in [0, 0.05) is 23.7 Å². The second-order valence-electron chi connectivity index (χ2n) is 11.3. The molecule has 2 atom stereocenters. The third-order valence-corrected chi connectivity index (χ3v) is 7.65. The van der Waals surface area contributed by atoms with Crippen molar-refractivity contribution in [3.63, 3.8) is 0 Å². The van der Waals surface area contributed by atoms with Crippen molar-refractivity contribution in [2.75, 3.05) is 18.4 Å². The van der Waals surface area contributed by atoms with Gasteiger partial charge in [0.2, 0.25) is 5.82 Å². The highest BCUT2D eigenvalue weighted by Crippen LogP contribution is 2.37. The Balaban J connectivity index is 1.66. The molecule has 15 heteroatoms. The number of pyridine rings is 1. The summed E-state index contributed by atoms with van der Waals surface area (Å²) in [5.41, 5.74) is -5.19. The van der Waals surface area contributed by atoms with Crippen LogP contribution < -0.4 is 16.4 Å². The number of aromatic nitrogens is 3. The SMILES string of the molecule is Cn1c(=O)c(F)c(Nc2ccc(I)cc2F)c2c(=O)n(CC(O)CC3(C(=O)O)CCN(C(=O)OC(C)(C)C)C3)cnc21. The fourth-order valence-corrected chi connectivity index (χ4v) is 5.37. The molecule has 3 N–H and O–H groups in total. The number of aliphatic hydroxyl groups is 1. The molecular formula is C27H30F2IN5O7. The van der Waals surface area contributed by atoms with E-state index in [1.807, 2.05) is 22.6 Å². The van der Waals surface area contributed by atoms with Gasteiger partial charge in [-0.3, -0.25) is 23.5 Å². The van der Waals surface area contributed by atoms with E-state index in [-0.39, 0.29) is 42.7 Å². The zero-order valence-corrected chi connectivity index (χ0v) is 25.4. The van der Waals surface area contributed by atoms with E-state index in [2.05, 4.69) is 10.3 Å². The van der Waals surface area contributed by atoms with Crippen LogP contribution in [-0.4, -0.2) is 66.1 Å². The molecule has 0 bridgehead atoms. The summed E-state index contributed by atoms with van der Waals surface area (Å²) < 4.78 is 37.5. The summed E-state index contributed by atoms with van der Waals surface area (Å²) >= 11 is 1.89. The number of benzene rings is 1. The van der Waals surface area contributed by atoms with E-state index >= 15 is 4.39 Å². The van der Waals surface area contributed by atoms with E-state index in [0.717, 1.165) is 15.5 Å². The van der Waals surface area contributed by atoms with Crippen LogP contribution in [0, 0.1) is 20.6 Å². The number of carboxylic acid groups (broad SMARTS) is 1. The zero-order chi connectivity index (χ0) is 31.1. The number of ether oxygens (including phenoxy) is 1. The van der Waals surface area contributed by atoms with Gasteiger partial charge in [-0.2, -0.15) is 4.39 Å². The van der Waals surface area contributed by atoms with Crippen LogP contribution in [-0.2, 0) is 23.1 Å². The Hall–Kier alpha value is -3.60. The lowest BCUT2D eigenvalue weighted by Gasteiger charge is -2.28. The van der Waals surface area contributed by atoms with Gasteiger partial charge in [0.25, 0.3) is 11.1 Å². The molecule has 1 aliphatic heterocycles. The van der Waals surface area contributed by atoms with Gasteiger partial charge in [-0.05, 0) is 74.4 Å². The van der Waals surface area contributed by atoms with Crippen LogP contribution in [0.1, 0.15) is 33.6 Å². The lowest BCUT2D eigenvalue weighted by Crippen LogP contribution is -2.42. The van der Waals surface area contributed by atoms with Crippen LogP contribution >= 0.6 is 22.6 Å². The number of fused-ring (bicyclic) bond motifs is 1. The summed E-state index contributed by atoms with van der Waals surface area (Å²) in [7, 11) is 1.22.